The van der Waals surface area contributed by atoms with Gasteiger partial charge in [0, 0.05) is 29.9 Å². The number of carbonyl (C=O) groups excluding carboxylic acids is 1. The Morgan fingerprint density at radius 1 is 1.40 bits per heavy atom. The molecule has 4 nitrogen and oxygen atoms in total. The van der Waals surface area contributed by atoms with Crippen molar-refractivity contribution in [3.63, 3.8) is 0 Å². The van der Waals surface area contributed by atoms with Gasteiger partial charge in [-0.15, -0.1) is 12.6 Å². The average molecular weight is 298 g/mol. The van der Waals surface area contributed by atoms with E-state index in [1.165, 1.54) is 19.1 Å². The van der Waals surface area contributed by atoms with Crippen molar-refractivity contribution in [1.29, 1.82) is 0 Å². The summed E-state index contributed by atoms with van der Waals surface area (Å²) in [4.78, 5) is 10.7. The SMILES string of the molecule is CC(=O)c1ccc(S)c(S(=O)(=O)O)c1.[Zn]. The second kappa shape index (κ2) is 5.21. The first kappa shape index (κ1) is 14.8. The Labute approximate surface area is 106 Å². The van der Waals surface area contributed by atoms with Crippen molar-refractivity contribution in [3.05, 3.63) is 23.8 Å². The van der Waals surface area contributed by atoms with Crippen molar-refractivity contribution >= 4 is 28.5 Å². The van der Waals surface area contributed by atoms with Gasteiger partial charge in [-0.3, -0.25) is 9.35 Å². The smallest absolute Gasteiger partial charge is 0.295 e. The second-order valence-electron chi connectivity index (χ2n) is 2.71. The predicted octanol–water partition coefficient (Wildman–Crippen LogP) is 1.42. The monoisotopic (exact) mass is 296 g/mol. The van der Waals surface area contributed by atoms with Crippen LogP contribution in [-0.2, 0) is 29.6 Å². The van der Waals surface area contributed by atoms with Crippen LogP contribution >= 0.6 is 12.6 Å². The summed E-state index contributed by atoms with van der Waals surface area (Å²) >= 11 is 3.86. The summed E-state index contributed by atoms with van der Waals surface area (Å²) in [7, 11) is -4.32. The molecule has 0 atom stereocenters. The predicted molar refractivity (Wildman–Crippen MR) is 53.5 cm³/mol. The number of carbonyl (C=O) groups is 1. The van der Waals surface area contributed by atoms with E-state index in [9.17, 15) is 13.2 Å². The van der Waals surface area contributed by atoms with Gasteiger partial charge in [-0.25, -0.2) is 0 Å². The van der Waals surface area contributed by atoms with Crippen molar-refractivity contribution in [2.24, 2.45) is 0 Å². The van der Waals surface area contributed by atoms with Gasteiger partial charge < -0.3 is 0 Å². The molecule has 0 aliphatic rings. The van der Waals surface area contributed by atoms with E-state index in [0.717, 1.165) is 6.07 Å². The van der Waals surface area contributed by atoms with Gasteiger partial charge in [-0.2, -0.15) is 8.42 Å². The van der Waals surface area contributed by atoms with Gasteiger partial charge >= 0.3 is 0 Å². The van der Waals surface area contributed by atoms with E-state index in [2.05, 4.69) is 12.6 Å². The molecule has 1 rings (SSSR count). The number of rotatable bonds is 2. The molecule has 0 bridgehead atoms. The molecule has 0 amide bonds. The second-order valence-corrected chi connectivity index (χ2v) is 4.59. The van der Waals surface area contributed by atoms with Crippen molar-refractivity contribution in [2.45, 2.75) is 16.7 Å². The molecule has 0 aliphatic heterocycles. The van der Waals surface area contributed by atoms with Crippen LogP contribution in [0.3, 0.4) is 0 Å². The van der Waals surface area contributed by atoms with E-state index in [4.69, 9.17) is 4.55 Å². The zero-order chi connectivity index (χ0) is 10.9. The molecule has 78 valence electrons. The van der Waals surface area contributed by atoms with Gasteiger partial charge in [-0.05, 0) is 19.1 Å². The minimum absolute atomic E-state index is 0. The maximum Gasteiger partial charge on any atom is 0.295 e. The molecular formula is C8H8O4S2Zn. The third-order valence-electron chi connectivity index (χ3n) is 1.64. The molecule has 0 spiro atoms. The van der Waals surface area contributed by atoms with Crippen LogP contribution in [0.15, 0.2) is 28.0 Å². The zero-order valence-electron chi connectivity index (χ0n) is 7.97. The fraction of sp³-hybridized carbons (Fsp3) is 0.125. The molecule has 0 aromatic heterocycles. The maximum absolute atomic E-state index is 10.9. The number of Topliss-reactive ketones (excluding diaryl/α,β-unsaturated/α-hetero) is 1. The summed E-state index contributed by atoms with van der Waals surface area (Å²) < 4.78 is 30.4. The molecular weight excluding hydrogens is 290 g/mol. The van der Waals surface area contributed by atoms with E-state index < -0.39 is 10.1 Å². The summed E-state index contributed by atoms with van der Waals surface area (Å²) in [5, 5.41) is 0. The van der Waals surface area contributed by atoms with Crippen LogP contribution in [0, 0.1) is 0 Å². The Balaban J connectivity index is 0.00000196. The molecule has 1 aromatic rings. The Morgan fingerprint density at radius 3 is 2.33 bits per heavy atom. The molecule has 0 saturated heterocycles. The Morgan fingerprint density at radius 2 is 1.93 bits per heavy atom. The minimum Gasteiger partial charge on any atom is -0.295 e. The van der Waals surface area contributed by atoms with Gasteiger partial charge in [0.25, 0.3) is 10.1 Å². The summed E-state index contributed by atoms with van der Waals surface area (Å²) in [5.41, 5.74) is 0.218. The van der Waals surface area contributed by atoms with E-state index >= 15 is 0 Å². The number of hydrogen-bond donors (Lipinski definition) is 2. The first-order valence-electron chi connectivity index (χ1n) is 3.64. The van der Waals surface area contributed by atoms with E-state index in [-0.39, 0.29) is 40.6 Å². The third-order valence-corrected chi connectivity index (χ3v) is 3.08. The normalized spacial score (nSPS) is 10.6. The number of thiol groups is 1. The summed E-state index contributed by atoms with van der Waals surface area (Å²) in [5.74, 6) is -0.275. The van der Waals surface area contributed by atoms with Crippen LogP contribution in [0.1, 0.15) is 17.3 Å². The van der Waals surface area contributed by atoms with Crippen LogP contribution in [0.2, 0.25) is 0 Å². The van der Waals surface area contributed by atoms with Crippen molar-refractivity contribution in [1.82, 2.24) is 0 Å². The number of ketones is 1. The first-order chi connectivity index (χ1) is 6.32. The van der Waals surface area contributed by atoms with E-state index in [0.29, 0.717) is 0 Å². The fourth-order valence-electron chi connectivity index (χ4n) is 0.940. The molecule has 0 saturated carbocycles. The van der Waals surface area contributed by atoms with Crippen molar-refractivity contribution < 1.29 is 37.2 Å². The molecule has 1 aromatic carbocycles. The molecule has 0 radical (unpaired) electrons. The molecule has 0 fully saturated rings. The largest absolute Gasteiger partial charge is 0.295 e. The van der Waals surface area contributed by atoms with E-state index in [1.807, 2.05) is 0 Å². The quantitative estimate of drug-likeness (QED) is 0.375. The molecule has 7 heteroatoms. The summed E-state index contributed by atoms with van der Waals surface area (Å²) in [6, 6.07) is 3.89. The molecule has 0 aliphatic carbocycles. The molecule has 0 unspecified atom stereocenters. The first-order valence-corrected chi connectivity index (χ1v) is 5.52. The fourth-order valence-corrected chi connectivity index (χ4v) is 2.03. The van der Waals surface area contributed by atoms with Gasteiger partial charge in [0.2, 0.25) is 0 Å². The minimum atomic E-state index is -4.32. The van der Waals surface area contributed by atoms with Crippen molar-refractivity contribution in [2.75, 3.05) is 0 Å². The zero-order valence-corrected chi connectivity index (χ0v) is 12.6. The Kier molecular flexibility index (Phi) is 5.13. The molecule has 15 heavy (non-hydrogen) atoms. The third kappa shape index (κ3) is 3.68. The van der Waals surface area contributed by atoms with Crippen molar-refractivity contribution in [3.8, 4) is 0 Å². The maximum atomic E-state index is 10.9. The van der Waals surface area contributed by atoms with Gasteiger partial charge in [0.1, 0.15) is 4.90 Å². The van der Waals surface area contributed by atoms with Crippen LogP contribution in [0.4, 0.5) is 0 Å². The molecule has 0 heterocycles. The van der Waals surface area contributed by atoms with E-state index in [1.54, 1.807) is 0 Å². The topological polar surface area (TPSA) is 71.4 Å². The van der Waals surface area contributed by atoms with Crippen LogP contribution in [0.5, 0.6) is 0 Å². The average Bonchev–Trinajstić information content (AvgIpc) is 2.02. The van der Waals surface area contributed by atoms with Crippen LogP contribution < -0.4 is 0 Å². The summed E-state index contributed by atoms with van der Waals surface area (Å²) in [6.07, 6.45) is 0. The number of hydrogen-bond acceptors (Lipinski definition) is 4. The van der Waals surface area contributed by atoms with Crippen LogP contribution in [-0.4, -0.2) is 18.8 Å². The Hall–Kier alpha value is -0.227. The van der Waals surface area contributed by atoms with Gasteiger partial charge in [0.15, 0.2) is 5.78 Å². The Bertz CT molecular complexity index is 481. The summed E-state index contributed by atoms with van der Waals surface area (Å²) in [6.45, 7) is 1.31. The molecule has 1 N–H and O–H groups in total. The number of benzene rings is 1. The van der Waals surface area contributed by atoms with Gasteiger partial charge in [0.05, 0.1) is 0 Å². The van der Waals surface area contributed by atoms with Crippen LogP contribution in [0.25, 0.3) is 0 Å². The van der Waals surface area contributed by atoms with Gasteiger partial charge in [-0.1, -0.05) is 6.07 Å². The standard InChI is InChI=1S/C8H8O4S2.Zn/c1-5(9)6-2-3-7(13)8(4-6)14(10,11)12;/h2-4,13H,1H3,(H,10,11,12);.